The Morgan fingerprint density at radius 3 is 2.64 bits per heavy atom. The number of nitrogens with zero attached hydrogens (tertiary/aromatic N) is 2. The number of nitrogens with one attached hydrogen (secondary N) is 2. The van der Waals surface area contributed by atoms with Crippen LogP contribution in [0, 0.1) is 12.3 Å². The number of aryl methyl sites for hydroxylation is 1. The first kappa shape index (κ1) is 24.7. The standard InChI is InChI=1S/C21H34N4O2.HI/c1-6-22-20(24-12-11-23-19(26)21(3,4)5)25-13-14-27-18(15-25)17-10-8-7-9-16(17)2;/h7-10,18H,6,11-15H2,1-5H3,(H,22,24)(H,23,26);1H. The molecule has 0 spiro atoms. The number of carbonyl (C=O) groups excluding carboxylic acids is 1. The average molecular weight is 502 g/mol. The summed E-state index contributed by atoms with van der Waals surface area (Å²) in [4.78, 5) is 18.9. The average Bonchev–Trinajstić information content (AvgIpc) is 2.63. The molecular formula is C21H35IN4O2. The molecule has 1 aromatic carbocycles. The van der Waals surface area contributed by atoms with Crippen LogP contribution in [-0.2, 0) is 9.53 Å². The Balaban J connectivity index is 0.00000392. The van der Waals surface area contributed by atoms with Crippen molar-refractivity contribution in [3.63, 3.8) is 0 Å². The second kappa shape index (κ2) is 11.6. The molecule has 1 fully saturated rings. The van der Waals surface area contributed by atoms with Crippen LogP contribution in [0.15, 0.2) is 29.3 Å². The van der Waals surface area contributed by atoms with Crippen LogP contribution in [0.4, 0.5) is 0 Å². The summed E-state index contributed by atoms with van der Waals surface area (Å²) in [6, 6.07) is 8.36. The van der Waals surface area contributed by atoms with Crippen molar-refractivity contribution in [3.8, 4) is 0 Å². The monoisotopic (exact) mass is 502 g/mol. The van der Waals surface area contributed by atoms with Crippen molar-refractivity contribution in [3.05, 3.63) is 35.4 Å². The molecule has 158 valence electrons. The molecule has 2 rings (SSSR count). The van der Waals surface area contributed by atoms with Gasteiger partial charge in [-0.1, -0.05) is 45.0 Å². The zero-order valence-electron chi connectivity index (χ0n) is 17.7. The normalized spacial score (nSPS) is 17.7. The number of morpholine rings is 1. The van der Waals surface area contributed by atoms with Crippen molar-refractivity contribution < 1.29 is 9.53 Å². The Morgan fingerprint density at radius 2 is 2.00 bits per heavy atom. The van der Waals surface area contributed by atoms with E-state index < -0.39 is 0 Å². The van der Waals surface area contributed by atoms with E-state index in [2.05, 4.69) is 53.6 Å². The van der Waals surface area contributed by atoms with Crippen LogP contribution >= 0.6 is 24.0 Å². The van der Waals surface area contributed by atoms with Crippen LogP contribution in [0.25, 0.3) is 0 Å². The van der Waals surface area contributed by atoms with E-state index in [0.29, 0.717) is 19.7 Å². The lowest BCUT2D eigenvalue weighted by Crippen LogP contribution is -2.48. The van der Waals surface area contributed by atoms with E-state index in [1.165, 1.54) is 11.1 Å². The Morgan fingerprint density at radius 1 is 1.29 bits per heavy atom. The predicted molar refractivity (Wildman–Crippen MR) is 125 cm³/mol. The molecule has 6 nitrogen and oxygen atoms in total. The molecule has 0 aromatic heterocycles. The first-order valence-electron chi connectivity index (χ1n) is 9.81. The van der Waals surface area contributed by atoms with Crippen LogP contribution in [0.5, 0.6) is 0 Å². The second-order valence-corrected chi connectivity index (χ2v) is 7.90. The molecule has 1 aliphatic heterocycles. The van der Waals surface area contributed by atoms with Gasteiger partial charge in [-0.2, -0.15) is 0 Å². The van der Waals surface area contributed by atoms with Crippen LogP contribution in [-0.4, -0.2) is 56.1 Å². The third-order valence-electron chi connectivity index (χ3n) is 4.58. The number of halogens is 1. The number of guanidine groups is 1. The van der Waals surface area contributed by atoms with Gasteiger partial charge in [0.05, 0.1) is 19.7 Å². The van der Waals surface area contributed by atoms with Gasteiger partial charge >= 0.3 is 0 Å². The lowest BCUT2D eigenvalue weighted by Gasteiger charge is -2.35. The highest BCUT2D eigenvalue weighted by molar-refractivity contribution is 14.0. The molecule has 7 heteroatoms. The number of hydrogen-bond donors (Lipinski definition) is 2. The summed E-state index contributed by atoms with van der Waals surface area (Å²) in [7, 11) is 0. The van der Waals surface area contributed by atoms with E-state index in [1.54, 1.807) is 0 Å². The minimum absolute atomic E-state index is 0. The van der Waals surface area contributed by atoms with Gasteiger partial charge in [0, 0.05) is 25.0 Å². The van der Waals surface area contributed by atoms with Gasteiger partial charge in [-0.3, -0.25) is 9.79 Å². The molecule has 1 amide bonds. The Labute approximate surface area is 186 Å². The van der Waals surface area contributed by atoms with E-state index >= 15 is 0 Å². The first-order valence-corrected chi connectivity index (χ1v) is 9.81. The van der Waals surface area contributed by atoms with Crippen LogP contribution in [0.2, 0.25) is 0 Å². The Kier molecular flexibility index (Phi) is 10.2. The number of ether oxygens (including phenoxy) is 1. The molecule has 28 heavy (non-hydrogen) atoms. The van der Waals surface area contributed by atoms with E-state index in [-0.39, 0.29) is 41.4 Å². The van der Waals surface area contributed by atoms with Gasteiger partial charge in [0.15, 0.2) is 5.96 Å². The molecule has 2 N–H and O–H groups in total. The molecular weight excluding hydrogens is 467 g/mol. The van der Waals surface area contributed by atoms with E-state index in [0.717, 1.165) is 25.6 Å². The number of hydrogen-bond acceptors (Lipinski definition) is 3. The molecule has 0 aliphatic carbocycles. The molecule has 0 bridgehead atoms. The lowest BCUT2D eigenvalue weighted by molar-refractivity contribution is -0.128. The van der Waals surface area contributed by atoms with Gasteiger partial charge in [0.2, 0.25) is 5.91 Å². The molecule has 1 saturated heterocycles. The number of amides is 1. The zero-order valence-corrected chi connectivity index (χ0v) is 20.1. The van der Waals surface area contributed by atoms with Gasteiger partial charge in [0.25, 0.3) is 0 Å². The predicted octanol–water partition coefficient (Wildman–Crippen LogP) is 3.11. The van der Waals surface area contributed by atoms with Gasteiger partial charge in [-0.15, -0.1) is 24.0 Å². The van der Waals surface area contributed by atoms with E-state index in [4.69, 9.17) is 9.73 Å². The molecule has 1 heterocycles. The maximum Gasteiger partial charge on any atom is 0.225 e. The molecule has 1 atom stereocenters. The zero-order chi connectivity index (χ0) is 19.9. The molecule has 1 aliphatic rings. The van der Waals surface area contributed by atoms with Gasteiger partial charge < -0.3 is 20.3 Å². The van der Waals surface area contributed by atoms with Gasteiger partial charge in [-0.25, -0.2) is 0 Å². The van der Waals surface area contributed by atoms with Gasteiger partial charge in [0.1, 0.15) is 6.10 Å². The third kappa shape index (κ3) is 7.24. The number of aliphatic imine (C=N–C) groups is 1. The molecule has 1 unspecified atom stereocenters. The van der Waals surface area contributed by atoms with Crippen molar-refractivity contribution >= 4 is 35.8 Å². The fourth-order valence-corrected chi connectivity index (χ4v) is 3.00. The SMILES string of the molecule is CCNC(=NCCNC(=O)C(C)(C)C)N1CCOC(c2ccccc2C)C1.I. The highest BCUT2D eigenvalue weighted by Crippen LogP contribution is 2.24. The summed E-state index contributed by atoms with van der Waals surface area (Å²) in [5, 5.41) is 6.31. The molecule has 0 saturated carbocycles. The topological polar surface area (TPSA) is 66.0 Å². The van der Waals surface area contributed by atoms with Crippen molar-refractivity contribution in [2.24, 2.45) is 10.4 Å². The molecule has 0 radical (unpaired) electrons. The van der Waals surface area contributed by atoms with E-state index in [1.807, 2.05) is 20.8 Å². The van der Waals surface area contributed by atoms with Crippen molar-refractivity contribution in [1.29, 1.82) is 0 Å². The highest BCUT2D eigenvalue weighted by atomic mass is 127. The Bertz CT molecular complexity index is 658. The maximum atomic E-state index is 12.0. The number of benzene rings is 1. The third-order valence-corrected chi connectivity index (χ3v) is 4.58. The van der Waals surface area contributed by atoms with Crippen LogP contribution in [0.1, 0.15) is 44.9 Å². The summed E-state index contributed by atoms with van der Waals surface area (Å²) in [6.07, 6.45) is 0.0457. The van der Waals surface area contributed by atoms with E-state index in [9.17, 15) is 4.79 Å². The van der Waals surface area contributed by atoms with Crippen molar-refractivity contribution in [2.75, 3.05) is 39.3 Å². The summed E-state index contributed by atoms with van der Waals surface area (Å²) in [6.45, 7) is 14.1. The van der Waals surface area contributed by atoms with Crippen molar-refractivity contribution in [1.82, 2.24) is 15.5 Å². The first-order chi connectivity index (χ1) is 12.8. The summed E-state index contributed by atoms with van der Waals surface area (Å²) >= 11 is 0. The van der Waals surface area contributed by atoms with Gasteiger partial charge in [-0.05, 0) is 25.0 Å². The molecule has 1 aromatic rings. The fraction of sp³-hybridized carbons (Fsp3) is 0.619. The smallest absolute Gasteiger partial charge is 0.225 e. The van der Waals surface area contributed by atoms with Crippen LogP contribution in [0.3, 0.4) is 0 Å². The summed E-state index contributed by atoms with van der Waals surface area (Å²) in [5.74, 6) is 0.929. The fourth-order valence-electron chi connectivity index (χ4n) is 3.00. The quantitative estimate of drug-likeness (QED) is 0.281. The highest BCUT2D eigenvalue weighted by Gasteiger charge is 2.25. The second-order valence-electron chi connectivity index (χ2n) is 7.90. The number of rotatable bonds is 5. The summed E-state index contributed by atoms with van der Waals surface area (Å²) in [5.41, 5.74) is 2.10. The van der Waals surface area contributed by atoms with Crippen LogP contribution < -0.4 is 10.6 Å². The Hall–Kier alpha value is -1.35. The largest absolute Gasteiger partial charge is 0.370 e. The minimum atomic E-state index is -0.376. The maximum absolute atomic E-state index is 12.0. The minimum Gasteiger partial charge on any atom is -0.370 e. The lowest BCUT2D eigenvalue weighted by atomic mass is 9.96. The summed E-state index contributed by atoms with van der Waals surface area (Å²) < 4.78 is 6.02. The van der Waals surface area contributed by atoms with Crippen molar-refractivity contribution in [2.45, 2.75) is 40.7 Å². The number of carbonyl (C=O) groups is 1.